The monoisotopic (exact) mass is 462 g/mol. The maximum absolute atomic E-state index is 12.6. The Morgan fingerprint density at radius 3 is 2.90 bits per heavy atom. The molecular weight excluding hydrogens is 440 g/mol. The van der Waals surface area contributed by atoms with E-state index in [0.717, 1.165) is 16.3 Å². The summed E-state index contributed by atoms with van der Waals surface area (Å²) in [5, 5.41) is 4.41. The van der Waals surface area contributed by atoms with Crippen LogP contribution in [0.4, 0.5) is 0 Å². The Bertz CT molecular complexity index is 988. The molecule has 0 N–H and O–H groups in total. The van der Waals surface area contributed by atoms with Crippen molar-refractivity contribution in [1.82, 2.24) is 10.1 Å². The van der Waals surface area contributed by atoms with Crippen molar-refractivity contribution in [3.8, 4) is 0 Å². The van der Waals surface area contributed by atoms with Crippen molar-refractivity contribution in [3.63, 3.8) is 0 Å². The minimum atomic E-state index is -0.511. The van der Waals surface area contributed by atoms with Crippen LogP contribution in [0.25, 0.3) is 0 Å². The summed E-state index contributed by atoms with van der Waals surface area (Å²) < 4.78 is 15.2. The van der Waals surface area contributed by atoms with E-state index >= 15 is 0 Å². The van der Waals surface area contributed by atoms with E-state index in [-0.39, 0.29) is 18.3 Å². The maximum Gasteiger partial charge on any atom is 0.339 e. The normalized spacial score (nSPS) is 14.8. The molecule has 1 fully saturated rings. The van der Waals surface area contributed by atoms with E-state index in [0.29, 0.717) is 29.3 Å². The van der Waals surface area contributed by atoms with Crippen LogP contribution >= 0.6 is 23.5 Å². The molecule has 1 amide bonds. The van der Waals surface area contributed by atoms with Gasteiger partial charge in [-0.2, -0.15) is 0 Å². The van der Waals surface area contributed by atoms with Crippen LogP contribution in [0, 0.1) is 6.92 Å². The van der Waals surface area contributed by atoms with Crippen LogP contribution in [0.15, 0.2) is 50.9 Å². The second kappa shape index (κ2) is 11.1. The van der Waals surface area contributed by atoms with Crippen molar-refractivity contribution >= 4 is 41.4 Å². The Morgan fingerprint density at radius 1 is 1.35 bits per heavy atom. The van der Waals surface area contributed by atoms with Gasteiger partial charge in [-0.15, -0.1) is 11.8 Å². The van der Waals surface area contributed by atoms with E-state index in [2.05, 4.69) is 9.89 Å². The number of aryl methyl sites for hydroxylation is 1. The number of thioether (sulfide) groups is 2. The highest BCUT2D eigenvalue weighted by Gasteiger charge is 2.27. The second-order valence-corrected chi connectivity index (χ2v) is 8.56. The third-order valence-electron chi connectivity index (χ3n) is 4.27. The molecule has 0 spiro atoms. The lowest BCUT2D eigenvalue weighted by Gasteiger charge is -2.16. The molecule has 31 heavy (non-hydrogen) atoms. The van der Waals surface area contributed by atoms with Crippen molar-refractivity contribution in [2.75, 3.05) is 26.0 Å². The summed E-state index contributed by atoms with van der Waals surface area (Å²) in [6, 6.07) is 9.07. The first-order valence-electron chi connectivity index (χ1n) is 9.52. The fourth-order valence-corrected chi connectivity index (χ4v) is 4.66. The zero-order valence-corrected chi connectivity index (χ0v) is 18.8. The van der Waals surface area contributed by atoms with E-state index in [1.165, 1.54) is 41.6 Å². The van der Waals surface area contributed by atoms with Gasteiger partial charge in [0, 0.05) is 17.5 Å². The minimum absolute atomic E-state index is 0.0872. The smallest absolute Gasteiger partial charge is 0.339 e. The van der Waals surface area contributed by atoms with E-state index in [4.69, 9.17) is 9.26 Å². The molecule has 1 aromatic heterocycles. The molecule has 8 nitrogen and oxygen atoms in total. The number of benzene rings is 1. The Kier molecular flexibility index (Phi) is 8.19. The predicted molar refractivity (Wildman–Crippen MR) is 116 cm³/mol. The number of rotatable bonds is 9. The van der Waals surface area contributed by atoms with E-state index in [9.17, 15) is 14.4 Å². The quantitative estimate of drug-likeness (QED) is 0.240. The number of nitrogens with zero attached hydrogens (tertiary/aromatic N) is 2. The molecule has 0 aliphatic carbocycles. The molecular formula is C21H22N2O6S2. The van der Waals surface area contributed by atoms with Crippen LogP contribution in [-0.2, 0) is 24.8 Å². The van der Waals surface area contributed by atoms with Gasteiger partial charge in [0.1, 0.15) is 5.76 Å². The Balaban J connectivity index is 1.51. The SMILES string of the molecule is COC(=O)/C=C1/SCC(=O)N1CCCOC(=O)c1ccccc1SCc1cc(C)no1. The molecule has 164 valence electrons. The molecule has 0 unspecified atom stereocenters. The molecule has 1 aliphatic rings. The Morgan fingerprint density at radius 2 is 2.16 bits per heavy atom. The zero-order valence-electron chi connectivity index (χ0n) is 17.2. The van der Waals surface area contributed by atoms with Gasteiger partial charge in [-0.3, -0.25) is 4.79 Å². The van der Waals surface area contributed by atoms with Crippen LogP contribution in [0.3, 0.4) is 0 Å². The first-order valence-corrected chi connectivity index (χ1v) is 11.5. The summed E-state index contributed by atoms with van der Waals surface area (Å²) in [6.45, 7) is 2.36. The second-order valence-electron chi connectivity index (χ2n) is 6.55. The first-order chi connectivity index (χ1) is 15.0. The van der Waals surface area contributed by atoms with Gasteiger partial charge >= 0.3 is 11.9 Å². The molecule has 1 saturated heterocycles. The van der Waals surface area contributed by atoms with Gasteiger partial charge in [0.2, 0.25) is 5.91 Å². The molecule has 3 rings (SSSR count). The highest BCUT2D eigenvalue weighted by Crippen LogP contribution is 2.29. The van der Waals surface area contributed by atoms with Crippen LogP contribution < -0.4 is 0 Å². The van der Waals surface area contributed by atoms with E-state index in [1.54, 1.807) is 12.1 Å². The molecule has 0 saturated carbocycles. The zero-order chi connectivity index (χ0) is 22.2. The van der Waals surface area contributed by atoms with E-state index in [1.807, 2.05) is 25.1 Å². The lowest BCUT2D eigenvalue weighted by molar-refractivity contribution is -0.134. The van der Waals surface area contributed by atoms with Gasteiger partial charge in [0.25, 0.3) is 0 Å². The highest BCUT2D eigenvalue weighted by molar-refractivity contribution is 8.04. The first kappa shape index (κ1) is 23.0. The third-order valence-corrected chi connectivity index (χ3v) is 6.39. The number of carbonyl (C=O) groups excluding carboxylic acids is 3. The van der Waals surface area contributed by atoms with Gasteiger partial charge in [-0.1, -0.05) is 29.1 Å². The van der Waals surface area contributed by atoms with Gasteiger partial charge in [-0.25, -0.2) is 9.59 Å². The average Bonchev–Trinajstić information content (AvgIpc) is 3.34. The standard InChI is InChI=1S/C21H22N2O6S2/c1-14-10-15(29-22-14)12-30-17-7-4-3-6-16(17)21(26)28-9-5-8-23-18(24)13-31-19(23)11-20(25)27-2/h3-4,6-7,10-11H,5,8-9,12-13H2,1-2H3/b19-11+. The summed E-state index contributed by atoms with van der Waals surface area (Å²) in [5.74, 6) is 0.533. The van der Waals surface area contributed by atoms with Crippen LogP contribution in [0.2, 0.25) is 0 Å². The lowest BCUT2D eigenvalue weighted by atomic mass is 10.2. The van der Waals surface area contributed by atoms with Crippen molar-refractivity contribution in [1.29, 1.82) is 0 Å². The number of ether oxygens (including phenoxy) is 2. The molecule has 0 radical (unpaired) electrons. The van der Waals surface area contributed by atoms with Crippen LogP contribution in [0.1, 0.15) is 28.2 Å². The Labute approximate surface area is 188 Å². The van der Waals surface area contributed by atoms with Gasteiger partial charge in [0.05, 0.1) is 47.6 Å². The third kappa shape index (κ3) is 6.38. The summed E-state index contributed by atoms with van der Waals surface area (Å²) in [6.07, 6.45) is 1.74. The largest absolute Gasteiger partial charge is 0.466 e. The minimum Gasteiger partial charge on any atom is -0.466 e. The number of aromatic nitrogens is 1. The fraction of sp³-hybridized carbons (Fsp3) is 0.333. The maximum atomic E-state index is 12.6. The molecule has 0 bridgehead atoms. The molecule has 1 aromatic carbocycles. The topological polar surface area (TPSA) is 98.9 Å². The molecule has 10 heteroatoms. The average molecular weight is 463 g/mol. The van der Waals surface area contributed by atoms with Crippen LogP contribution in [0.5, 0.6) is 0 Å². The summed E-state index contributed by atoms with van der Waals surface area (Å²) in [4.78, 5) is 38.3. The van der Waals surface area contributed by atoms with Crippen molar-refractivity contribution in [3.05, 3.63) is 58.5 Å². The molecule has 1 aliphatic heterocycles. The van der Waals surface area contributed by atoms with Crippen LogP contribution in [-0.4, -0.2) is 53.9 Å². The number of hydrogen-bond donors (Lipinski definition) is 0. The van der Waals surface area contributed by atoms with Crippen molar-refractivity contribution in [2.45, 2.75) is 24.0 Å². The lowest BCUT2D eigenvalue weighted by Crippen LogP contribution is -2.27. The highest BCUT2D eigenvalue weighted by atomic mass is 32.2. The van der Waals surface area contributed by atoms with Gasteiger partial charge in [-0.05, 0) is 25.5 Å². The number of esters is 2. The predicted octanol–water partition coefficient (Wildman–Crippen LogP) is 3.41. The summed E-state index contributed by atoms with van der Waals surface area (Å²) in [5.41, 5.74) is 1.28. The summed E-state index contributed by atoms with van der Waals surface area (Å²) in [7, 11) is 1.29. The molecule has 2 aromatic rings. The van der Waals surface area contributed by atoms with Gasteiger partial charge < -0.3 is 18.9 Å². The van der Waals surface area contributed by atoms with Crippen molar-refractivity contribution < 1.29 is 28.4 Å². The Hall–Kier alpha value is -2.72. The number of carbonyl (C=O) groups is 3. The molecule has 2 heterocycles. The van der Waals surface area contributed by atoms with Crippen molar-refractivity contribution in [2.24, 2.45) is 0 Å². The van der Waals surface area contributed by atoms with E-state index < -0.39 is 11.9 Å². The number of amides is 1. The van der Waals surface area contributed by atoms with Gasteiger partial charge in [0.15, 0.2) is 0 Å². The number of hydrogen-bond acceptors (Lipinski definition) is 9. The fourth-order valence-electron chi connectivity index (χ4n) is 2.79. The molecule has 0 atom stereocenters. The summed E-state index contributed by atoms with van der Waals surface area (Å²) >= 11 is 2.75. The number of methoxy groups -OCH3 is 1.